The number of hydrogen-bond acceptors (Lipinski definition) is 4. The van der Waals surface area contributed by atoms with Crippen LogP contribution < -0.4 is 4.74 Å². The molecular weight excluding hydrogens is 266 g/mol. The molecule has 2 rings (SSSR count). The quantitative estimate of drug-likeness (QED) is 0.623. The van der Waals surface area contributed by atoms with Gasteiger partial charge in [0.15, 0.2) is 0 Å². The first-order valence-corrected chi connectivity index (χ1v) is 6.59. The summed E-state index contributed by atoms with van der Waals surface area (Å²) < 4.78 is 10.4. The van der Waals surface area contributed by atoms with E-state index in [1.54, 1.807) is 7.11 Å². The van der Waals surface area contributed by atoms with Crippen molar-refractivity contribution >= 4 is 34.3 Å². The number of morpholine rings is 1. The van der Waals surface area contributed by atoms with Crippen LogP contribution in [0, 0.1) is 0 Å². The van der Waals surface area contributed by atoms with E-state index < -0.39 is 0 Å². The highest BCUT2D eigenvalue weighted by molar-refractivity contribution is 7.89. The van der Waals surface area contributed by atoms with Crippen LogP contribution in [0.5, 0.6) is 5.75 Å². The molecule has 1 aromatic rings. The molecule has 0 atom stereocenters. The Kier molecular flexibility index (Phi) is 4.63. The van der Waals surface area contributed by atoms with E-state index in [4.69, 9.17) is 33.9 Å². The van der Waals surface area contributed by atoms with Crippen LogP contribution in [-0.2, 0) is 4.74 Å². The molecule has 1 saturated heterocycles. The van der Waals surface area contributed by atoms with Crippen molar-refractivity contribution in [2.45, 2.75) is 0 Å². The first kappa shape index (κ1) is 13.4. The molecule has 3 nitrogen and oxygen atoms in total. The molecule has 0 aliphatic carbocycles. The number of methoxy groups -OCH3 is 1. The van der Waals surface area contributed by atoms with Crippen molar-refractivity contribution in [3.8, 4) is 5.75 Å². The molecule has 1 aliphatic heterocycles. The van der Waals surface area contributed by atoms with E-state index in [1.165, 1.54) is 0 Å². The minimum Gasteiger partial charge on any atom is -0.497 e. The lowest BCUT2D eigenvalue weighted by molar-refractivity contribution is 0.0698. The fourth-order valence-electron chi connectivity index (χ4n) is 1.78. The number of hydrogen-bond donors (Lipinski definition) is 0. The average Bonchev–Trinajstić information content (AvgIpc) is 2.47. The Morgan fingerprint density at radius 3 is 2.33 bits per heavy atom. The van der Waals surface area contributed by atoms with Crippen molar-refractivity contribution in [2.75, 3.05) is 33.4 Å². The van der Waals surface area contributed by atoms with Crippen molar-refractivity contribution in [3.05, 3.63) is 29.8 Å². The fraction of sp³-hybridized carbons (Fsp3) is 0.385. The van der Waals surface area contributed by atoms with E-state index in [2.05, 4.69) is 4.90 Å². The maximum absolute atomic E-state index is 5.44. The van der Waals surface area contributed by atoms with Crippen LogP contribution >= 0.6 is 24.4 Å². The van der Waals surface area contributed by atoms with Gasteiger partial charge in [0.25, 0.3) is 0 Å². The SMILES string of the molecule is COc1ccc(C(=S)C(=S)N2CCOCC2)cc1. The molecule has 0 unspecified atom stereocenters. The van der Waals surface area contributed by atoms with Gasteiger partial charge in [0.05, 0.1) is 25.2 Å². The lowest BCUT2D eigenvalue weighted by Gasteiger charge is -2.29. The highest BCUT2D eigenvalue weighted by Crippen LogP contribution is 2.14. The van der Waals surface area contributed by atoms with Crippen molar-refractivity contribution in [1.29, 1.82) is 0 Å². The van der Waals surface area contributed by atoms with E-state index in [-0.39, 0.29) is 0 Å². The van der Waals surface area contributed by atoms with Gasteiger partial charge in [-0.05, 0) is 29.8 Å². The summed E-state index contributed by atoms with van der Waals surface area (Å²) in [4.78, 5) is 3.55. The van der Waals surface area contributed by atoms with Gasteiger partial charge in [0.1, 0.15) is 10.7 Å². The summed E-state index contributed by atoms with van der Waals surface area (Å²) >= 11 is 10.9. The van der Waals surface area contributed by atoms with E-state index in [1.807, 2.05) is 24.3 Å². The van der Waals surface area contributed by atoms with Crippen LogP contribution in [-0.4, -0.2) is 48.2 Å². The van der Waals surface area contributed by atoms with Crippen LogP contribution in [0.15, 0.2) is 24.3 Å². The minimum atomic E-state index is 0.714. The molecule has 96 valence electrons. The largest absolute Gasteiger partial charge is 0.497 e. The predicted molar refractivity (Wildman–Crippen MR) is 79.7 cm³/mol. The minimum absolute atomic E-state index is 0.714. The maximum Gasteiger partial charge on any atom is 0.120 e. The van der Waals surface area contributed by atoms with Gasteiger partial charge in [0, 0.05) is 13.1 Å². The molecule has 0 radical (unpaired) electrons. The molecule has 0 saturated carbocycles. The Morgan fingerprint density at radius 1 is 1.17 bits per heavy atom. The summed E-state index contributed by atoms with van der Waals surface area (Å²) in [5.74, 6) is 0.818. The van der Waals surface area contributed by atoms with Gasteiger partial charge >= 0.3 is 0 Å². The van der Waals surface area contributed by atoms with E-state index in [9.17, 15) is 0 Å². The third kappa shape index (κ3) is 3.04. The number of benzene rings is 1. The van der Waals surface area contributed by atoms with Gasteiger partial charge in [0.2, 0.25) is 0 Å². The van der Waals surface area contributed by atoms with E-state index in [0.29, 0.717) is 13.2 Å². The standard InChI is InChI=1S/C13H15NO2S2/c1-15-11-4-2-10(3-5-11)12(17)13(18)14-6-8-16-9-7-14/h2-5H,6-9H2,1H3. The molecule has 0 aromatic heterocycles. The highest BCUT2D eigenvalue weighted by atomic mass is 32.1. The summed E-state index contributed by atoms with van der Waals surface area (Å²) in [5.41, 5.74) is 0.960. The topological polar surface area (TPSA) is 21.7 Å². The maximum atomic E-state index is 5.44. The van der Waals surface area contributed by atoms with E-state index >= 15 is 0 Å². The highest BCUT2D eigenvalue weighted by Gasteiger charge is 2.18. The smallest absolute Gasteiger partial charge is 0.120 e. The molecule has 1 heterocycles. The zero-order chi connectivity index (χ0) is 13.0. The van der Waals surface area contributed by atoms with Crippen molar-refractivity contribution in [1.82, 2.24) is 4.90 Å². The monoisotopic (exact) mass is 281 g/mol. The zero-order valence-electron chi connectivity index (χ0n) is 10.2. The summed E-state index contributed by atoms with van der Waals surface area (Å²) in [5, 5.41) is 0. The lowest BCUT2D eigenvalue weighted by Crippen LogP contribution is -2.42. The molecular formula is C13H15NO2S2. The summed E-state index contributed by atoms with van der Waals surface area (Å²) in [6.07, 6.45) is 0. The molecule has 0 bridgehead atoms. The Balaban J connectivity index is 2.07. The molecule has 0 spiro atoms. The Bertz CT molecular complexity index is 439. The second-order valence-corrected chi connectivity index (χ2v) is 4.76. The van der Waals surface area contributed by atoms with Crippen LogP contribution in [0.3, 0.4) is 0 Å². The number of rotatable bonds is 3. The molecule has 1 aliphatic rings. The zero-order valence-corrected chi connectivity index (χ0v) is 11.9. The number of thiocarbonyl (C=S) groups is 2. The third-order valence-corrected chi connectivity index (χ3v) is 3.87. The molecule has 5 heteroatoms. The Morgan fingerprint density at radius 2 is 1.78 bits per heavy atom. The van der Waals surface area contributed by atoms with Crippen molar-refractivity contribution < 1.29 is 9.47 Å². The second kappa shape index (κ2) is 6.22. The van der Waals surface area contributed by atoms with Gasteiger partial charge in [-0.3, -0.25) is 0 Å². The van der Waals surface area contributed by atoms with Crippen LogP contribution in [0.1, 0.15) is 5.56 Å². The van der Waals surface area contributed by atoms with Gasteiger partial charge in [-0.1, -0.05) is 24.4 Å². The van der Waals surface area contributed by atoms with Crippen molar-refractivity contribution in [2.24, 2.45) is 0 Å². The molecule has 18 heavy (non-hydrogen) atoms. The number of ether oxygens (including phenoxy) is 2. The van der Waals surface area contributed by atoms with Crippen LogP contribution in [0.25, 0.3) is 0 Å². The average molecular weight is 281 g/mol. The Labute approximate surface area is 118 Å². The van der Waals surface area contributed by atoms with Gasteiger partial charge in [-0.2, -0.15) is 0 Å². The fourth-order valence-corrected chi connectivity index (χ4v) is 2.34. The van der Waals surface area contributed by atoms with E-state index in [0.717, 1.165) is 34.3 Å². The first-order chi connectivity index (χ1) is 8.72. The summed E-state index contributed by atoms with van der Waals surface area (Å²) in [6, 6.07) is 7.66. The predicted octanol–water partition coefficient (Wildman–Crippen LogP) is 2.07. The molecule has 0 N–H and O–H groups in total. The van der Waals surface area contributed by atoms with Crippen LogP contribution in [0.4, 0.5) is 0 Å². The van der Waals surface area contributed by atoms with Gasteiger partial charge < -0.3 is 14.4 Å². The third-order valence-electron chi connectivity index (χ3n) is 2.84. The summed E-state index contributed by atoms with van der Waals surface area (Å²) in [6.45, 7) is 3.06. The van der Waals surface area contributed by atoms with Gasteiger partial charge in [-0.15, -0.1) is 0 Å². The van der Waals surface area contributed by atoms with Crippen LogP contribution in [0.2, 0.25) is 0 Å². The second-order valence-electron chi connectivity index (χ2n) is 3.96. The molecule has 1 aromatic carbocycles. The Hall–Kier alpha value is -1.04. The molecule has 0 amide bonds. The number of nitrogens with zero attached hydrogens (tertiary/aromatic N) is 1. The molecule has 1 fully saturated rings. The van der Waals surface area contributed by atoms with Gasteiger partial charge in [-0.25, -0.2) is 0 Å². The first-order valence-electron chi connectivity index (χ1n) is 5.78. The van der Waals surface area contributed by atoms with Crippen molar-refractivity contribution in [3.63, 3.8) is 0 Å². The summed E-state index contributed by atoms with van der Waals surface area (Å²) in [7, 11) is 1.64. The normalized spacial score (nSPS) is 15.3. The lowest BCUT2D eigenvalue weighted by atomic mass is 10.1.